The van der Waals surface area contributed by atoms with Gasteiger partial charge in [-0.2, -0.15) is 0 Å². The minimum Gasteiger partial charge on any atom is -0.342 e. The van der Waals surface area contributed by atoms with Gasteiger partial charge in [-0.25, -0.2) is 14.1 Å². The molecular weight excluding hydrogens is 493 g/mol. The van der Waals surface area contributed by atoms with Crippen molar-refractivity contribution in [1.29, 1.82) is 0 Å². The van der Waals surface area contributed by atoms with Crippen LogP contribution in [0.1, 0.15) is 11.1 Å². The molecule has 0 aliphatic carbocycles. The number of non-ortho nitro benzene ring substituents is 1. The Bertz CT molecular complexity index is 1640. The molecule has 1 aromatic heterocycles. The van der Waals surface area contributed by atoms with Gasteiger partial charge in [0, 0.05) is 41.3 Å². The molecule has 0 bridgehead atoms. The normalized spacial score (nSPS) is 14.2. The highest BCUT2D eigenvalue weighted by molar-refractivity contribution is 6.16. The Morgan fingerprint density at radius 2 is 1.82 bits per heavy atom. The first-order valence-electron chi connectivity index (χ1n) is 11.5. The number of hydrogen-bond acceptors (Lipinski definition) is 5. The summed E-state index contributed by atoms with van der Waals surface area (Å²) in [4.78, 5) is 49.3. The third-order valence-electron chi connectivity index (χ3n) is 6.01. The van der Waals surface area contributed by atoms with Crippen molar-refractivity contribution in [2.24, 2.45) is 0 Å². The molecule has 0 unspecified atom stereocenters. The number of halogens is 1. The molecule has 0 saturated carbocycles. The maximum Gasteiger partial charge on any atom is 0.329 e. The van der Waals surface area contributed by atoms with Crippen molar-refractivity contribution >= 4 is 46.2 Å². The van der Waals surface area contributed by atoms with E-state index in [1.54, 1.807) is 24.4 Å². The van der Waals surface area contributed by atoms with Crippen LogP contribution in [0.3, 0.4) is 0 Å². The average molecular weight is 513 g/mol. The number of nitro benzene ring substituents is 1. The number of rotatable bonds is 7. The Labute approximate surface area is 215 Å². The van der Waals surface area contributed by atoms with Gasteiger partial charge in [0.15, 0.2) is 0 Å². The summed E-state index contributed by atoms with van der Waals surface area (Å²) >= 11 is 0. The summed E-state index contributed by atoms with van der Waals surface area (Å²) in [7, 11) is 0. The van der Waals surface area contributed by atoms with Crippen LogP contribution in [0.4, 0.5) is 20.6 Å². The number of nitrogens with zero attached hydrogens (tertiary/aromatic N) is 3. The monoisotopic (exact) mass is 513 g/mol. The zero-order valence-corrected chi connectivity index (χ0v) is 19.8. The fourth-order valence-corrected chi connectivity index (χ4v) is 4.25. The fourth-order valence-electron chi connectivity index (χ4n) is 4.25. The number of carbonyl (C=O) groups is 3. The van der Waals surface area contributed by atoms with E-state index < -0.39 is 35.1 Å². The Morgan fingerprint density at radius 3 is 2.61 bits per heavy atom. The smallest absolute Gasteiger partial charge is 0.329 e. The van der Waals surface area contributed by atoms with Crippen molar-refractivity contribution < 1.29 is 23.7 Å². The lowest BCUT2D eigenvalue weighted by atomic mass is 10.1. The van der Waals surface area contributed by atoms with Gasteiger partial charge in [-0.1, -0.05) is 42.5 Å². The lowest BCUT2D eigenvalue weighted by Crippen LogP contribution is -2.38. The van der Waals surface area contributed by atoms with Gasteiger partial charge in [-0.05, 0) is 29.8 Å². The number of hydrogen-bond donors (Lipinski definition) is 2. The van der Waals surface area contributed by atoms with Gasteiger partial charge in [-0.3, -0.25) is 19.7 Å². The molecule has 0 spiro atoms. The van der Waals surface area contributed by atoms with Crippen molar-refractivity contribution in [2.45, 2.75) is 6.54 Å². The molecule has 0 radical (unpaired) electrons. The van der Waals surface area contributed by atoms with Crippen LogP contribution in [0.25, 0.3) is 17.0 Å². The number of nitrogens with one attached hydrogen (secondary N) is 2. The molecule has 190 valence electrons. The van der Waals surface area contributed by atoms with E-state index in [0.29, 0.717) is 12.1 Å². The largest absolute Gasteiger partial charge is 0.342 e. The van der Waals surface area contributed by atoms with E-state index in [0.717, 1.165) is 21.4 Å². The summed E-state index contributed by atoms with van der Waals surface area (Å²) in [6.45, 7) is -0.251. The van der Waals surface area contributed by atoms with Crippen molar-refractivity contribution in [3.63, 3.8) is 0 Å². The van der Waals surface area contributed by atoms with E-state index in [9.17, 15) is 28.9 Å². The van der Waals surface area contributed by atoms with Gasteiger partial charge in [0.2, 0.25) is 5.91 Å². The zero-order chi connectivity index (χ0) is 26.8. The van der Waals surface area contributed by atoms with Gasteiger partial charge in [-0.15, -0.1) is 0 Å². The van der Waals surface area contributed by atoms with E-state index in [1.807, 2.05) is 28.8 Å². The fraction of sp³-hybridized carbons (Fsp3) is 0.0741. The van der Waals surface area contributed by atoms with Crippen LogP contribution in [0.2, 0.25) is 0 Å². The van der Waals surface area contributed by atoms with Crippen LogP contribution in [-0.4, -0.2) is 38.8 Å². The van der Waals surface area contributed by atoms with Crippen molar-refractivity contribution in [2.75, 3.05) is 11.9 Å². The first-order valence-corrected chi connectivity index (χ1v) is 11.5. The Hall–Kier alpha value is -5.32. The second-order valence-corrected chi connectivity index (χ2v) is 8.56. The molecule has 3 aromatic carbocycles. The highest BCUT2D eigenvalue weighted by atomic mass is 19.1. The lowest BCUT2D eigenvalue weighted by Gasteiger charge is -2.12. The summed E-state index contributed by atoms with van der Waals surface area (Å²) in [5, 5.41) is 16.8. The summed E-state index contributed by atoms with van der Waals surface area (Å²) in [6, 6.07) is 18.5. The summed E-state index contributed by atoms with van der Waals surface area (Å²) < 4.78 is 15.7. The minimum atomic E-state index is -0.773. The molecule has 10 nitrogen and oxygen atoms in total. The summed E-state index contributed by atoms with van der Waals surface area (Å²) in [5.74, 6) is -2.07. The number of anilines is 1. The molecule has 1 aliphatic heterocycles. The summed E-state index contributed by atoms with van der Waals surface area (Å²) in [6.07, 6.45) is 3.30. The first-order chi connectivity index (χ1) is 18.3. The standard InChI is InChI=1S/C27H20FN5O5/c28-21-9-2-3-10-22(21)29-25(34)16-32-26(35)23(30-27(32)36)13-18-15-31(24-11-4-1-8-20(18)24)14-17-6-5-7-19(12-17)33(37)38/h1-13,15H,14,16H2,(H,29,34)(H,30,36)/b23-13+. The molecule has 2 heterocycles. The van der Waals surface area contributed by atoms with Crippen molar-refractivity contribution in [1.82, 2.24) is 14.8 Å². The number of fused-ring (bicyclic) bond motifs is 1. The predicted molar refractivity (Wildman–Crippen MR) is 137 cm³/mol. The molecule has 4 aromatic rings. The van der Waals surface area contributed by atoms with E-state index in [1.165, 1.54) is 36.4 Å². The molecule has 1 aliphatic rings. The molecular formula is C27H20FN5O5. The SMILES string of the molecule is O=C(CN1C(=O)N/C(=C/c2cn(Cc3cccc([N+](=O)[O-])c3)c3ccccc23)C1=O)Nc1ccccc1F. The van der Waals surface area contributed by atoms with Crippen LogP contribution in [0.15, 0.2) is 84.7 Å². The van der Waals surface area contributed by atoms with Crippen LogP contribution < -0.4 is 10.6 Å². The van der Waals surface area contributed by atoms with E-state index >= 15 is 0 Å². The summed E-state index contributed by atoms with van der Waals surface area (Å²) in [5.41, 5.74) is 2.08. The first kappa shape index (κ1) is 24.4. The molecule has 1 saturated heterocycles. The van der Waals surface area contributed by atoms with Crippen LogP contribution in [-0.2, 0) is 16.1 Å². The molecule has 11 heteroatoms. The Kier molecular flexibility index (Phi) is 6.40. The van der Waals surface area contributed by atoms with Crippen LogP contribution in [0, 0.1) is 15.9 Å². The van der Waals surface area contributed by atoms with Crippen molar-refractivity contribution in [3.8, 4) is 0 Å². The molecule has 0 atom stereocenters. The maximum atomic E-state index is 13.8. The van der Waals surface area contributed by atoms with Gasteiger partial charge >= 0.3 is 6.03 Å². The topological polar surface area (TPSA) is 127 Å². The number of aromatic nitrogens is 1. The second kappa shape index (κ2) is 9.97. The highest BCUT2D eigenvalue weighted by Gasteiger charge is 2.35. The van der Waals surface area contributed by atoms with E-state index in [-0.39, 0.29) is 17.1 Å². The van der Waals surface area contributed by atoms with Gasteiger partial charge in [0.25, 0.3) is 11.6 Å². The third kappa shape index (κ3) is 4.85. The van der Waals surface area contributed by atoms with Crippen LogP contribution in [0.5, 0.6) is 0 Å². The Morgan fingerprint density at radius 1 is 1.05 bits per heavy atom. The Balaban J connectivity index is 1.39. The number of benzene rings is 3. The van der Waals surface area contributed by atoms with Crippen molar-refractivity contribution in [3.05, 3.63) is 112 Å². The van der Waals surface area contributed by atoms with Crippen LogP contribution >= 0.6 is 0 Å². The highest BCUT2D eigenvalue weighted by Crippen LogP contribution is 2.26. The molecule has 4 amide bonds. The van der Waals surface area contributed by atoms with Gasteiger partial charge in [0.1, 0.15) is 18.1 Å². The number of carbonyl (C=O) groups excluding carboxylic acids is 3. The lowest BCUT2D eigenvalue weighted by molar-refractivity contribution is -0.384. The predicted octanol–water partition coefficient (Wildman–Crippen LogP) is 4.27. The van der Waals surface area contributed by atoms with E-state index in [2.05, 4.69) is 10.6 Å². The third-order valence-corrected chi connectivity index (χ3v) is 6.01. The maximum absolute atomic E-state index is 13.8. The number of para-hydroxylation sites is 2. The number of urea groups is 1. The van der Waals surface area contributed by atoms with Gasteiger partial charge < -0.3 is 15.2 Å². The number of imide groups is 1. The average Bonchev–Trinajstić information content (AvgIpc) is 3.37. The number of amides is 4. The van der Waals surface area contributed by atoms with E-state index in [4.69, 9.17) is 0 Å². The van der Waals surface area contributed by atoms with Gasteiger partial charge in [0.05, 0.1) is 10.6 Å². The second-order valence-electron chi connectivity index (χ2n) is 8.56. The number of nitro groups is 1. The molecule has 38 heavy (non-hydrogen) atoms. The molecule has 1 fully saturated rings. The zero-order valence-electron chi connectivity index (χ0n) is 19.8. The quantitative estimate of drug-likeness (QED) is 0.165. The molecule has 2 N–H and O–H groups in total. The minimum absolute atomic E-state index is 0.0142. The molecule has 5 rings (SSSR count).